The predicted octanol–water partition coefficient (Wildman–Crippen LogP) is 3.55. The maximum absolute atomic E-state index is 11.8. The molecule has 1 aliphatic heterocycles. The largest absolute Gasteiger partial charge is 0.469 e. The highest BCUT2D eigenvalue weighted by Gasteiger charge is 2.20. The van der Waals surface area contributed by atoms with Gasteiger partial charge in [-0.3, -0.25) is 9.79 Å². The SMILES string of the molecule is I.O=C1CCCN1CCCN=C(NCCc1ccco1)NC1CCc2ccccc2C1. The lowest BCUT2D eigenvalue weighted by Gasteiger charge is -2.27. The van der Waals surface area contributed by atoms with Gasteiger partial charge in [0.05, 0.1) is 6.26 Å². The number of nitrogens with one attached hydrogen (secondary N) is 2. The molecule has 1 unspecified atom stereocenters. The first-order valence-corrected chi connectivity index (χ1v) is 11.2. The van der Waals surface area contributed by atoms with E-state index in [1.807, 2.05) is 17.0 Å². The molecule has 4 rings (SSSR count). The number of hydrogen-bond donors (Lipinski definition) is 2. The van der Waals surface area contributed by atoms with Crippen molar-refractivity contribution in [2.45, 2.75) is 51.0 Å². The van der Waals surface area contributed by atoms with Crippen molar-refractivity contribution in [2.75, 3.05) is 26.2 Å². The molecule has 2 aromatic rings. The van der Waals surface area contributed by atoms with Gasteiger partial charge in [0.1, 0.15) is 5.76 Å². The number of hydrogen-bond acceptors (Lipinski definition) is 3. The number of amides is 1. The minimum absolute atomic E-state index is 0. The van der Waals surface area contributed by atoms with Gasteiger partial charge in [-0.1, -0.05) is 24.3 Å². The standard InChI is InChI=1S/C24H32N4O2.HI/c29-23-9-3-15-28(23)16-5-13-25-24(26-14-12-22-8-4-17-30-22)27-21-11-10-19-6-1-2-7-20(19)18-21;/h1-2,4,6-8,17,21H,3,5,9-16,18H2,(H2,25,26,27);1H. The van der Waals surface area contributed by atoms with Crippen LogP contribution in [0.25, 0.3) is 0 Å². The molecule has 1 fully saturated rings. The Labute approximate surface area is 201 Å². The van der Waals surface area contributed by atoms with Gasteiger partial charge in [0.25, 0.3) is 0 Å². The van der Waals surface area contributed by atoms with E-state index < -0.39 is 0 Å². The average Bonchev–Trinajstić information content (AvgIpc) is 3.43. The van der Waals surface area contributed by atoms with Gasteiger partial charge in [-0.2, -0.15) is 0 Å². The molecule has 2 heterocycles. The molecule has 1 aromatic carbocycles. The molecule has 7 heteroatoms. The Kier molecular flexibility index (Phi) is 9.24. The summed E-state index contributed by atoms with van der Waals surface area (Å²) >= 11 is 0. The quantitative estimate of drug-likeness (QED) is 0.235. The van der Waals surface area contributed by atoms with E-state index >= 15 is 0 Å². The van der Waals surface area contributed by atoms with Crippen LogP contribution in [0.1, 0.15) is 42.6 Å². The van der Waals surface area contributed by atoms with Gasteiger partial charge in [-0.25, -0.2) is 0 Å². The number of fused-ring (bicyclic) bond motifs is 1. The predicted molar refractivity (Wildman–Crippen MR) is 134 cm³/mol. The lowest BCUT2D eigenvalue weighted by molar-refractivity contribution is -0.127. The van der Waals surface area contributed by atoms with E-state index in [4.69, 9.17) is 9.41 Å². The zero-order chi connectivity index (χ0) is 20.6. The monoisotopic (exact) mass is 536 g/mol. The van der Waals surface area contributed by atoms with Crippen LogP contribution in [0.4, 0.5) is 0 Å². The van der Waals surface area contributed by atoms with Gasteiger partial charge in [0, 0.05) is 45.1 Å². The van der Waals surface area contributed by atoms with E-state index in [9.17, 15) is 4.79 Å². The third-order valence-electron chi connectivity index (χ3n) is 5.96. The molecule has 2 N–H and O–H groups in total. The van der Waals surface area contributed by atoms with Crippen LogP contribution in [0.3, 0.4) is 0 Å². The number of rotatable bonds is 8. The maximum Gasteiger partial charge on any atom is 0.222 e. The number of carbonyl (C=O) groups is 1. The van der Waals surface area contributed by atoms with Crippen molar-refractivity contribution in [1.29, 1.82) is 0 Å². The third-order valence-corrected chi connectivity index (χ3v) is 5.96. The van der Waals surface area contributed by atoms with E-state index in [-0.39, 0.29) is 29.9 Å². The molecule has 1 aromatic heterocycles. The van der Waals surface area contributed by atoms with Gasteiger partial charge < -0.3 is 20.0 Å². The molecule has 0 radical (unpaired) electrons. The molecule has 1 atom stereocenters. The fraction of sp³-hybridized carbons (Fsp3) is 0.500. The molecule has 2 aliphatic rings. The highest BCUT2D eigenvalue weighted by Crippen LogP contribution is 2.21. The summed E-state index contributed by atoms with van der Waals surface area (Å²) in [5, 5.41) is 7.11. The van der Waals surface area contributed by atoms with Gasteiger partial charge in [0.2, 0.25) is 5.91 Å². The Morgan fingerprint density at radius 1 is 1.16 bits per heavy atom. The maximum atomic E-state index is 11.8. The Hall–Kier alpha value is -2.03. The Morgan fingerprint density at radius 2 is 2.03 bits per heavy atom. The third kappa shape index (κ3) is 6.98. The van der Waals surface area contributed by atoms with Gasteiger partial charge in [-0.05, 0) is 55.4 Å². The Balaban J connectivity index is 0.00000272. The number of guanidine groups is 1. The van der Waals surface area contributed by atoms with Crippen LogP contribution in [0.2, 0.25) is 0 Å². The normalized spacial score (nSPS) is 18.5. The summed E-state index contributed by atoms with van der Waals surface area (Å²) in [7, 11) is 0. The first-order valence-electron chi connectivity index (χ1n) is 11.2. The van der Waals surface area contributed by atoms with Gasteiger partial charge >= 0.3 is 0 Å². The van der Waals surface area contributed by atoms with Crippen molar-refractivity contribution in [3.63, 3.8) is 0 Å². The van der Waals surface area contributed by atoms with Crippen molar-refractivity contribution in [3.05, 3.63) is 59.5 Å². The number of likely N-dealkylation sites (tertiary alicyclic amines) is 1. The summed E-state index contributed by atoms with van der Waals surface area (Å²) < 4.78 is 5.43. The number of aryl methyl sites for hydroxylation is 1. The fourth-order valence-corrected chi connectivity index (χ4v) is 4.32. The summed E-state index contributed by atoms with van der Waals surface area (Å²) in [5.74, 6) is 2.12. The lowest BCUT2D eigenvalue weighted by Crippen LogP contribution is -2.46. The topological polar surface area (TPSA) is 69.9 Å². The molecule has 6 nitrogen and oxygen atoms in total. The van der Waals surface area contributed by atoms with E-state index in [0.29, 0.717) is 19.0 Å². The second kappa shape index (κ2) is 12.1. The molecule has 0 spiro atoms. The first kappa shape index (κ1) is 23.6. The zero-order valence-corrected chi connectivity index (χ0v) is 20.3. The van der Waals surface area contributed by atoms with Crippen molar-refractivity contribution in [1.82, 2.24) is 15.5 Å². The number of benzene rings is 1. The molecule has 0 saturated carbocycles. The van der Waals surface area contributed by atoms with Crippen LogP contribution < -0.4 is 10.6 Å². The molecule has 168 valence electrons. The lowest BCUT2D eigenvalue weighted by atomic mass is 9.88. The average molecular weight is 536 g/mol. The molecule has 1 amide bonds. The molecular formula is C24H33IN4O2. The van der Waals surface area contributed by atoms with Gasteiger partial charge in [0.15, 0.2) is 5.96 Å². The van der Waals surface area contributed by atoms with Crippen molar-refractivity contribution < 1.29 is 9.21 Å². The molecule has 1 saturated heterocycles. The second-order valence-corrected chi connectivity index (χ2v) is 8.18. The minimum Gasteiger partial charge on any atom is -0.469 e. The highest BCUT2D eigenvalue weighted by atomic mass is 127. The summed E-state index contributed by atoms with van der Waals surface area (Å²) in [6.07, 6.45) is 8.36. The fourth-order valence-electron chi connectivity index (χ4n) is 4.32. The number of furan rings is 1. The van der Waals surface area contributed by atoms with Crippen LogP contribution in [0.5, 0.6) is 0 Å². The minimum atomic E-state index is 0. The highest BCUT2D eigenvalue weighted by molar-refractivity contribution is 14.0. The number of aliphatic imine (C=N–C) groups is 1. The van der Waals surface area contributed by atoms with Crippen LogP contribution >= 0.6 is 24.0 Å². The van der Waals surface area contributed by atoms with Crippen LogP contribution in [0, 0.1) is 0 Å². The van der Waals surface area contributed by atoms with Crippen LogP contribution in [0.15, 0.2) is 52.1 Å². The van der Waals surface area contributed by atoms with E-state index in [1.165, 1.54) is 11.1 Å². The van der Waals surface area contributed by atoms with E-state index in [0.717, 1.165) is 69.9 Å². The van der Waals surface area contributed by atoms with Gasteiger partial charge in [-0.15, -0.1) is 24.0 Å². The van der Waals surface area contributed by atoms with Crippen LogP contribution in [-0.2, 0) is 24.1 Å². The molecule has 0 bridgehead atoms. The summed E-state index contributed by atoms with van der Waals surface area (Å²) in [4.78, 5) is 18.5. The van der Waals surface area contributed by atoms with Crippen molar-refractivity contribution in [2.24, 2.45) is 4.99 Å². The Bertz CT molecular complexity index is 853. The van der Waals surface area contributed by atoms with Crippen LogP contribution in [-0.4, -0.2) is 49.0 Å². The molecule has 31 heavy (non-hydrogen) atoms. The Morgan fingerprint density at radius 3 is 2.81 bits per heavy atom. The van der Waals surface area contributed by atoms with E-state index in [1.54, 1.807) is 6.26 Å². The number of halogens is 1. The summed E-state index contributed by atoms with van der Waals surface area (Å²) in [6, 6.07) is 13.0. The van der Waals surface area contributed by atoms with E-state index in [2.05, 4.69) is 34.9 Å². The zero-order valence-electron chi connectivity index (χ0n) is 18.0. The smallest absolute Gasteiger partial charge is 0.222 e. The summed E-state index contributed by atoms with van der Waals surface area (Å²) in [6.45, 7) is 3.19. The molecular weight excluding hydrogens is 503 g/mol. The second-order valence-electron chi connectivity index (χ2n) is 8.18. The summed E-state index contributed by atoms with van der Waals surface area (Å²) in [5.41, 5.74) is 2.90. The first-order chi connectivity index (χ1) is 14.8. The number of carbonyl (C=O) groups excluding carboxylic acids is 1. The van der Waals surface area contributed by atoms with Crippen molar-refractivity contribution >= 4 is 35.8 Å². The molecule has 1 aliphatic carbocycles. The number of nitrogens with zero attached hydrogens (tertiary/aromatic N) is 2. The van der Waals surface area contributed by atoms with Crippen molar-refractivity contribution in [3.8, 4) is 0 Å².